The molecule has 0 aliphatic heterocycles. The summed E-state index contributed by atoms with van der Waals surface area (Å²) in [6.45, 7) is 4.29. The van der Waals surface area contributed by atoms with Gasteiger partial charge in [-0.05, 0) is 12.1 Å². The fraction of sp³-hybridized carbons (Fsp3) is 0.333. The predicted molar refractivity (Wildman–Crippen MR) is 105 cm³/mol. The molecule has 0 spiro atoms. The zero-order chi connectivity index (χ0) is 19.8. The summed E-state index contributed by atoms with van der Waals surface area (Å²) in [4.78, 5) is 25.0. The van der Waals surface area contributed by atoms with E-state index in [1.165, 1.54) is 23.7 Å². The van der Waals surface area contributed by atoms with Crippen molar-refractivity contribution in [2.24, 2.45) is 0 Å². The van der Waals surface area contributed by atoms with Crippen LogP contribution in [0.15, 0.2) is 42.1 Å². The molecule has 0 bridgehead atoms. The highest BCUT2D eigenvalue weighted by molar-refractivity contribution is 7.99. The molecule has 0 unspecified atom stereocenters. The van der Waals surface area contributed by atoms with Crippen LogP contribution < -0.4 is 10.1 Å². The first kappa shape index (κ1) is 20.5. The maximum atomic E-state index is 12.2. The minimum atomic E-state index is -0.218. The van der Waals surface area contributed by atoms with E-state index in [1.54, 1.807) is 20.2 Å². The molecule has 2 aromatic rings. The van der Waals surface area contributed by atoms with E-state index in [2.05, 4.69) is 22.1 Å². The number of rotatable bonds is 9. The molecule has 0 radical (unpaired) electrons. The van der Waals surface area contributed by atoms with Crippen LogP contribution in [-0.4, -0.2) is 65.0 Å². The first-order valence-electron chi connectivity index (χ1n) is 8.26. The van der Waals surface area contributed by atoms with Gasteiger partial charge < -0.3 is 15.0 Å². The lowest BCUT2D eigenvalue weighted by Gasteiger charge is -2.15. The number of hydrogen-bond donors (Lipinski definition) is 1. The molecule has 2 amide bonds. The number of aromatic nitrogens is 3. The minimum Gasteiger partial charge on any atom is -0.496 e. The number of likely N-dealkylation sites (N-methyl/N-ethyl adjacent to an activating group) is 2. The van der Waals surface area contributed by atoms with Gasteiger partial charge in [-0.2, -0.15) is 0 Å². The average molecular weight is 389 g/mol. The van der Waals surface area contributed by atoms with Gasteiger partial charge in [0, 0.05) is 20.6 Å². The van der Waals surface area contributed by atoms with Crippen LogP contribution in [-0.2, 0) is 16.1 Å². The minimum absolute atomic E-state index is 0.0156. The van der Waals surface area contributed by atoms with Crippen molar-refractivity contribution in [1.29, 1.82) is 0 Å². The third-order valence-corrected chi connectivity index (χ3v) is 4.74. The second-order valence-corrected chi connectivity index (χ2v) is 6.56. The number of carbonyl (C=O) groups excluding carboxylic acids is 2. The molecule has 0 aliphatic carbocycles. The standard InChI is InChI=1S/C18H23N5O3S/c1-5-10-23-17(13-8-6-7-9-14(13)26-4)20-21-18(23)27-12-16(25)22(3)11-15(24)19-2/h5-9H,1,10-12H2,2-4H3,(H,19,24). The van der Waals surface area contributed by atoms with Gasteiger partial charge in [0.15, 0.2) is 11.0 Å². The third-order valence-electron chi connectivity index (χ3n) is 3.79. The Balaban J connectivity index is 2.19. The van der Waals surface area contributed by atoms with Crippen LogP contribution in [0.3, 0.4) is 0 Å². The van der Waals surface area contributed by atoms with Gasteiger partial charge in [0.2, 0.25) is 11.8 Å². The number of hydrogen-bond acceptors (Lipinski definition) is 6. The number of methoxy groups -OCH3 is 1. The van der Waals surface area contributed by atoms with Crippen LogP contribution in [0.5, 0.6) is 5.75 Å². The number of allylic oxidation sites excluding steroid dienone is 1. The van der Waals surface area contributed by atoms with Crippen molar-refractivity contribution in [2.45, 2.75) is 11.7 Å². The molecule has 2 rings (SSSR count). The van der Waals surface area contributed by atoms with Crippen LogP contribution >= 0.6 is 11.8 Å². The van der Waals surface area contributed by atoms with E-state index in [-0.39, 0.29) is 24.1 Å². The maximum absolute atomic E-state index is 12.2. The summed E-state index contributed by atoms with van der Waals surface area (Å²) in [7, 11) is 4.73. The van der Waals surface area contributed by atoms with Crippen molar-refractivity contribution in [3.05, 3.63) is 36.9 Å². The van der Waals surface area contributed by atoms with Gasteiger partial charge in [-0.25, -0.2) is 0 Å². The quantitative estimate of drug-likeness (QED) is 0.516. The van der Waals surface area contributed by atoms with Crippen LogP contribution in [0, 0.1) is 0 Å². The average Bonchev–Trinajstić information content (AvgIpc) is 3.08. The number of nitrogens with zero attached hydrogens (tertiary/aromatic N) is 4. The molecule has 0 fully saturated rings. The number of amides is 2. The first-order chi connectivity index (χ1) is 13.0. The molecule has 27 heavy (non-hydrogen) atoms. The fourth-order valence-electron chi connectivity index (χ4n) is 2.34. The molecule has 144 valence electrons. The van der Waals surface area contributed by atoms with Gasteiger partial charge in [0.25, 0.3) is 0 Å². The predicted octanol–water partition coefficient (Wildman–Crippen LogP) is 1.44. The topological polar surface area (TPSA) is 89.4 Å². The number of ether oxygens (including phenoxy) is 1. The number of para-hydroxylation sites is 1. The largest absolute Gasteiger partial charge is 0.496 e. The van der Waals surface area contributed by atoms with E-state index in [0.29, 0.717) is 23.3 Å². The van der Waals surface area contributed by atoms with Crippen molar-refractivity contribution in [3.8, 4) is 17.1 Å². The molecule has 0 atom stereocenters. The summed E-state index contributed by atoms with van der Waals surface area (Å²) < 4.78 is 7.28. The van der Waals surface area contributed by atoms with E-state index >= 15 is 0 Å². The van der Waals surface area contributed by atoms with Crippen molar-refractivity contribution >= 4 is 23.6 Å². The van der Waals surface area contributed by atoms with E-state index in [1.807, 2.05) is 28.8 Å². The number of nitrogens with one attached hydrogen (secondary N) is 1. The highest BCUT2D eigenvalue weighted by atomic mass is 32.2. The van der Waals surface area contributed by atoms with Gasteiger partial charge in [0.05, 0.1) is 25.0 Å². The molecule has 0 saturated heterocycles. The van der Waals surface area contributed by atoms with E-state index in [0.717, 1.165) is 5.56 Å². The Morgan fingerprint density at radius 1 is 1.37 bits per heavy atom. The Bertz CT molecular complexity index is 821. The molecule has 1 aromatic heterocycles. The number of benzene rings is 1. The molecule has 8 nitrogen and oxygen atoms in total. The first-order valence-corrected chi connectivity index (χ1v) is 9.25. The van der Waals surface area contributed by atoms with Crippen LogP contribution in [0.4, 0.5) is 0 Å². The third kappa shape index (κ3) is 5.10. The van der Waals surface area contributed by atoms with Gasteiger partial charge in [-0.15, -0.1) is 16.8 Å². The highest BCUT2D eigenvalue weighted by Crippen LogP contribution is 2.30. The Hall–Kier alpha value is -2.81. The normalized spacial score (nSPS) is 10.3. The lowest BCUT2D eigenvalue weighted by Crippen LogP contribution is -2.37. The Morgan fingerprint density at radius 2 is 2.11 bits per heavy atom. The van der Waals surface area contributed by atoms with Crippen molar-refractivity contribution < 1.29 is 14.3 Å². The van der Waals surface area contributed by atoms with Crippen molar-refractivity contribution in [2.75, 3.05) is 33.5 Å². The van der Waals surface area contributed by atoms with E-state index in [4.69, 9.17) is 4.74 Å². The fourth-order valence-corrected chi connectivity index (χ4v) is 3.23. The molecule has 9 heteroatoms. The smallest absolute Gasteiger partial charge is 0.239 e. The summed E-state index contributed by atoms with van der Waals surface area (Å²) in [5, 5.41) is 11.6. The van der Waals surface area contributed by atoms with Crippen LogP contribution in [0.2, 0.25) is 0 Å². The molecular weight excluding hydrogens is 366 g/mol. The van der Waals surface area contributed by atoms with E-state index in [9.17, 15) is 9.59 Å². The van der Waals surface area contributed by atoms with Gasteiger partial charge in [-0.1, -0.05) is 30.0 Å². The second-order valence-electron chi connectivity index (χ2n) is 5.62. The molecule has 0 aliphatic rings. The van der Waals surface area contributed by atoms with Crippen LogP contribution in [0.25, 0.3) is 11.4 Å². The molecule has 0 saturated carbocycles. The molecule has 1 heterocycles. The SMILES string of the molecule is C=CCn1c(SCC(=O)N(C)CC(=O)NC)nnc1-c1ccccc1OC. The Labute approximate surface area is 162 Å². The summed E-state index contributed by atoms with van der Waals surface area (Å²) >= 11 is 1.26. The van der Waals surface area contributed by atoms with Gasteiger partial charge in [0.1, 0.15) is 5.75 Å². The van der Waals surface area contributed by atoms with Gasteiger partial charge in [-0.3, -0.25) is 14.2 Å². The number of carbonyl (C=O) groups is 2. The zero-order valence-corrected chi connectivity index (χ0v) is 16.5. The van der Waals surface area contributed by atoms with Gasteiger partial charge >= 0.3 is 0 Å². The lowest BCUT2D eigenvalue weighted by molar-refractivity contribution is -0.132. The van der Waals surface area contributed by atoms with E-state index < -0.39 is 0 Å². The maximum Gasteiger partial charge on any atom is 0.239 e. The lowest BCUT2D eigenvalue weighted by atomic mass is 10.2. The van der Waals surface area contributed by atoms with Crippen molar-refractivity contribution in [3.63, 3.8) is 0 Å². The molecule has 1 aromatic carbocycles. The summed E-state index contributed by atoms with van der Waals surface area (Å²) in [6.07, 6.45) is 1.74. The van der Waals surface area contributed by atoms with Crippen molar-refractivity contribution in [1.82, 2.24) is 25.0 Å². The Morgan fingerprint density at radius 3 is 2.78 bits per heavy atom. The van der Waals surface area contributed by atoms with Crippen LogP contribution in [0.1, 0.15) is 0 Å². The summed E-state index contributed by atoms with van der Waals surface area (Å²) in [5.74, 6) is 1.09. The zero-order valence-electron chi connectivity index (χ0n) is 15.6. The highest BCUT2D eigenvalue weighted by Gasteiger charge is 2.19. The summed E-state index contributed by atoms with van der Waals surface area (Å²) in [5.41, 5.74) is 0.810. The second kappa shape index (κ2) is 9.77. The molecule has 1 N–H and O–H groups in total. The molecular formula is C18H23N5O3S. The Kier molecular flexibility index (Phi) is 7.42. The monoisotopic (exact) mass is 389 g/mol. The number of thioether (sulfide) groups is 1. The summed E-state index contributed by atoms with van der Waals surface area (Å²) in [6, 6.07) is 7.54.